The molecule has 1 aliphatic rings. The van der Waals surface area contributed by atoms with E-state index in [-0.39, 0.29) is 30.3 Å². The van der Waals surface area contributed by atoms with Crippen LogP contribution in [0.25, 0.3) is 21.8 Å². The molecular weight excluding hydrogens is 460 g/mol. The number of aromatic nitrogens is 1. The van der Waals surface area contributed by atoms with Gasteiger partial charge < -0.3 is 14.1 Å². The highest BCUT2D eigenvalue weighted by Crippen LogP contribution is 2.32. The van der Waals surface area contributed by atoms with Crippen LogP contribution in [0.2, 0.25) is 0 Å². The number of aryl methyl sites for hydroxylation is 1. The van der Waals surface area contributed by atoms with Crippen molar-refractivity contribution < 1.29 is 28.8 Å². The summed E-state index contributed by atoms with van der Waals surface area (Å²) in [6.45, 7) is 3.91. The average molecular weight is 487 g/mol. The Bertz CT molecular complexity index is 1460. The van der Waals surface area contributed by atoms with Gasteiger partial charge in [-0.15, -0.1) is 0 Å². The van der Waals surface area contributed by atoms with Gasteiger partial charge in [0.05, 0.1) is 19.4 Å². The van der Waals surface area contributed by atoms with Gasteiger partial charge in [-0.05, 0) is 43.3 Å². The Labute approximate surface area is 207 Å². The lowest BCUT2D eigenvalue weighted by Crippen LogP contribution is -2.17. The van der Waals surface area contributed by atoms with E-state index in [2.05, 4.69) is 14.5 Å². The number of ketones is 2. The molecule has 1 aliphatic carbocycles. The molecule has 184 valence electrons. The van der Waals surface area contributed by atoms with E-state index in [9.17, 15) is 19.2 Å². The van der Waals surface area contributed by atoms with Crippen molar-refractivity contribution in [3.05, 3.63) is 71.8 Å². The van der Waals surface area contributed by atoms with Gasteiger partial charge in [0.15, 0.2) is 5.78 Å². The van der Waals surface area contributed by atoms with Gasteiger partial charge >= 0.3 is 11.9 Å². The quantitative estimate of drug-likeness (QED) is 0.142. The Morgan fingerprint density at radius 3 is 2.11 bits per heavy atom. The number of esters is 1. The first-order chi connectivity index (χ1) is 17.3. The lowest BCUT2D eigenvalue weighted by molar-refractivity contribution is -0.141. The van der Waals surface area contributed by atoms with Crippen molar-refractivity contribution in [1.29, 1.82) is 0 Å². The van der Waals surface area contributed by atoms with Crippen LogP contribution in [0.5, 0.6) is 0 Å². The Hall–Kier alpha value is -4.33. The lowest BCUT2D eigenvalue weighted by atomic mass is 9.97. The van der Waals surface area contributed by atoms with E-state index in [1.54, 1.807) is 12.1 Å². The zero-order chi connectivity index (χ0) is 25.8. The fourth-order valence-corrected chi connectivity index (χ4v) is 4.35. The number of carbonyl (C=O) groups is 4. The Morgan fingerprint density at radius 2 is 1.53 bits per heavy atom. The molecule has 0 fully saturated rings. The number of hydrogen-bond donors (Lipinski definition) is 0. The van der Waals surface area contributed by atoms with Crippen LogP contribution >= 0.6 is 0 Å². The number of ether oxygens (including phenoxy) is 1. The van der Waals surface area contributed by atoms with Crippen molar-refractivity contribution in [3.8, 4) is 0 Å². The lowest BCUT2D eigenvalue weighted by Gasteiger charge is -2.06. The van der Waals surface area contributed by atoms with Crippen LogP contribution in [0.3, 0.4) is 0 Å². The Balaban J connectivity index is 1.78. The molecule has 0 radical (unpaired) electrons. The summed E-state index contributed by atoms with van der Waals surface area (Å²) in [5.74, 6) is -1.93. The number of hydrogen-bond acceptors (Lipinski definition) is 7. The fourth-order valence-electron chi connectivity index (χ4n) is 4.35. The van der Waals surface area contributed by atoms with Crippen LogP contribution in [-0.2, 0) is 25.7 Å². The summed E-state index contributed by atoms with van der Waals surface area (Å²) in [4.78, 5) is 53.9. The number of nitrogens with zero attached hydrogens (tertiary/aromatic N) is 2. The highest BCUT2D eigenvalue weighted by atomic mass is 16.7. The third kappa shape index (κ3) is 4.88. The highest BCUT2D eigenvalue weighted by molar-refractivity contribution is 6.46. The van der Waals surface area contributed by atoms with Gasteiger partial charge in [0.2, 0.25) is 5.78 Å². The van der Waals surface area contributed by atoms with Crippen LogP contribution in [-0.4, -0.2) is 40.9 Å². The van der Waals surface area contributed by atoms with Gasteiger partial charge in [-0.1, -0.05) is 29.5 Å². The maximum atomic E-state index is 13.3. The number of carbonyl (C=O) groups excluding carboxylic acids is 4. The first-order valence-corrected chi connectivity index (χ1v) is 11.6. The van der Waals surface area contributed by atoms with E-state index in [0.717, 1.165) is 21.8 Å². The topological polar surface area (TPSA) is 104 Å². The molecule has 0 saturated carbocycles. The summed E-state index contributed by atoms with van der Waals surface area (Å²) < 4.78 is 6.77. The first kappa shape index (κ1) is 24.8. The summed E-state index contributed by atoms with van der Waals surface area (Å²) in [5, 5.41) is 5.36. The molecule has 0 saturated heterocycles. The number of rotatable bonds is 9. The molecule has 0 N–H and O–H groups in total. The normalized spacial score (nSPS) is 13.5. The molecule has 0 bridgehead atoms. The third-order valence-electron chi connectivity index (χ3n) is 6.12. The van der Waals surface area contributed by atoms with E-state index >= 15 is 0 Å². The molecule has 2 aromatic carbocycles. The molecule has 4 rings (SSSR count). The molecule has 8 nitrogen and oxygen atoms in total. The van der Waals surface area contributed by atoms with Gasteiger partial charge in [-0.2, -0.15) is 0 Å². The predicted molar refractivity (Wildman–Crippen MR) is 136 cm³/mol. The van der Waals surface area contributed by atoms with E-state index < -0.39 is 17.7 Å². The average Bonchev–Trinajstić information content (AvgIpc) is 3.53. The van der Waals surface area contributed by atoms with Crippen molar-refractivity contribution >= 4 is 51.0 Å². The van der Waals surface area contributed by atoms with Crippen LogP contribution in [0.4, 0.5) is 0 Å². The minimum atomic E-state index is -0.677. The number of Topliss-reactive ketones (excluding diaryl/α,β-unsaturated/α-hetero) is 2. The van der Waals surface area contributed by atoms with Crippen molar-refractivity contribution in [2.45, 2.75) is 33.2 Å². The smallest absolute Gasteiger partial charge is 0.331 e. The van der Waals surface area contributed by atoms with Crippen molar-refractivity contribution in [2.75, 3.05) is 7.11 Å². The van der Waals surface area contributed by atoms with Crippen molar-refractivity contribution in [1.82, 2.24) is 4.57 Å². The molecule has 0 aliphatic heterocycles. The zero-order valence-electron chi connectivity index (χ0n) is 20.3. The molecule has 0 amide bonds. The van der Waals surface area contributed by atoms with Gasteiger partial charge in [0.1, 0.15) is 5.71 Å². The van der Waals surface area contributed by atoms with Crippen LogP contribution in [0.15, 0.2) is 65.9 Å². The summed E-state index contributed by atoms with van der Waals surface area (Å²) >= 11 is 0. The monoisotopic (exact) mass is 486 g/mol. The standard InChI is InChI=1S/C28H26N2O6/c1-4-30-24-12-9-19(27(33)18-7-5-6-8-18)15-21(24)22-16-20(10-13-25(22)30)28(34)23(29-36-17(2)31)11-14-26(32)35-3/h5-10,12-13,15-16,18H,4,11,14H2,1-3H3. The fraction of sp³-hybridized carbons (Fsp3) is 0.250. The SMILES string of the molecule is CCn1c2ccc(C(=O)C(CCC(=O)OC)=NOC(C)=O)cc2c2cc(C(=O)C3C=CC=C3)ccc21. The minimum absolute atomic E-state index is 0.00476. The maximum absolute atomic E-state index is 13.3. The van der Waals surface area contributed by atoms with Gasteiger partial charge in [0.25, 0.3) is 0 Å². The molecule has 8 heteroatoms. The Morgan fingerprint density at radius 1 is 0.917 bits per heavy atom. The molecule has 0 atom stereocenters. The number of fused-ring (bicyclic) bond motifs is 3. The molecular formula is C28H26N2O6. The van der Waals surface area contributed by atoms with Gasteiger partial charge in [-0.25, -0.2) is 4.79 Å². The van der Waals surface area contributed by atoms with E-state index in [1.807, 2.05) is 55.5 Å². The highest BCUT2D eigenvalue weighted by Gasteiger charge is 2.21. The molecule has 0 spiro atoms. The van der Waals surface area contributed by atoms with Crippen LogP contribution < -0.4 is 0 Å². The molecule has 0 unspecified atom stereocenters. The molecule has 1 heterocycles. The first-order valence-electron chi connectivity index (χ1n) is 11.6. The number of oxime groups is 1. The van der Waals surface area contributed by atoms with Gasteiger partial charge in [-0.3, -0.25) is 14.4 Å². The second-order valence-electron chi connectivity index (χ2n) is 8.39. The molecule has 36 heavy (non-hydrogen) atoms. The predicted octanol–water partition coefficient (Wildman–Crippen LogP) is 4.79. The largest absolute Gasteiger partial charge is 0.469 e. The molecule has 3 aromatic rings. The number of allylic oxidation sites excluding steroid dienone is 4. The van der Waals surface area contributed by atoms with Crippen molar-refractivity contribution in [2.24, 2.45) is 11.1 Å². The van der Waals surface area contributed by atoms with Crippen LogP contribution in [0, 0.1) is 5.92 Å². The second-order valence-corrected chi connectivity index (χ2v) is 8.39. The summed E-state index contributed by atoms with van der Waals surface area (Å²) in [6, 6.07) is 10.9. The zero-order valence-corrected chi connectivity index (χ0v) is 20.3. The van der Waals surface area contributed by atoms with Crippen molar-refractivity contribution in [3.63, 3.8) is 0 Å². The number of methoxy groups -OCH3 is 1. The van der Waals surface area contributed by atoms with E-state index in [4.69, 9.17) is 4.84 Å². The van der Waals surface area contributed by atoms with Gasteiger partial charge in [0, 0.05) is 52.8 Å². The summed E-state index contributed by atoms with van der Waals surface area (Å²) in [7, 11) is 1.25. The Kier molecular flexibility index (Phi) is 7.24. The molecule has 1 aromatic heterocycles. The number of benzene rings is 2. The third-order valence-corrected chi connectivity index (χ3v) is 6.12. The minimum Gasteiger partial charge on any atom is -0.469 e. The summed E-state index contributed by atoms with van der Waals surface area (Å²) in [5.41, 5.74) is 2.72. The van der Waals surface area contributed by atoms with E-state index in [0.29, 0.717) is 17.7 Å². The van der Waals surface area contributed by atoms with Crippen LogP contribution in [0.1, 0.15) is 47.4 Å². The second kappa shape index (κ2) is 10.5. The summed E-state index contributed by atoms with van der Waals surface area (Å²) in [6.07, 6.45) is 7.30. The maximum Gasteiger partial charge on any atom is 0.331 e. The van der Waals surface area contributed by atoms with E-state index in [1.165, 1.54) is 14.0 Å².